The van der Waals surface area contributed by atoms with Gasteiger partial charge in [0, 0.05) is 6.20 Å². The number of anilines is 1. The summed E-state index contributed by atoms with van der Waals surface area (Å²) >= 11 is 1.04. The van der Waals surface area contributed by atoms with E-state index in [2.05, 4.69) is 4.98 Å². The molecule has 2 aromatic rings. The smallest absolute Gasteiger partial charge is 0.652 e. The van der Waals surface area contributed by atoms with Crippen molar-refractivity contribution >= 4 is 45.3 Å². The Morgan fingerprint density at radius 3 is 2.29 bits per heavy atom. The van der Waals surface area contributed by atoms with E-state index in [1.807, 2.05) is 0 Å². The molecule has 1 amide bonds. The Bertz CT molecular complexity index is 734. The summed E-state index contributed by atoms with van der Waals surface area (Å²) in [6.07, 6.45) is -0.889. The van der Waals surface area contributed by atoms with Crippen molar-refractivity contribution in [3.05, 3.63) is 17.1 Å². The van der Waals surface area contributed by atoms with Crippen molar-refractivity contribution in [2.75, 3.05) is 12.3 Å². The Hall–Kier alpha value is 0.193. The fraction of sp³-hybridized carbons (Fsp3) is 0.0909. The van der Waals surface area contributed by atoms with Gasteiger partial charge in [-0.1, -0.05) is 0 Å². The number of amides is 1. The van der Waals surface area contributed by atoms with Crippen molar-refractivity contribution in [2.24, 2.45) is 5.73 Å². The zero-order valence-corrected chi connectivity index (χ0v) is 19.8. The number of nitrogens with two attached hydrogens (primary N) is 2. The van der Waals surface area contributed by atoms with Gasteiger partial charge in [-0.2, -0.15) is 0 Å². The van der Waals surface area contributed by atoms with Crippen LogP contribution in [0.4, 0.5) is 10.5 Å². The molecule has 2 rings (SSSR count). The number of ether oxygens (including phenoxy) is 1. The topological polar surface area (TPSA) is 192 Å². The first-order valence-corrected chi connectivity index (χ1v) is 6.25. The summed E-state index contributed by atoms with van der Waals surface area (Å²) in [6, 6.07) is 1.49. The van der Waals surface area contributed by atoms with Crippen LogP contribution in [0.3, 0.4) is 0 Å². The van der Waals surface area contributed by atoms with Gasteiger partial charge in [-0.3, -0.25) is 4.79 Å². The average molecular weight is 405 g/mol. The van der Waals surface area contributed by atoms with E-state index in [1.54, 1.807) is 0 Å². The molecule has 0 bridgehead atoms. The van der Waals surface area contributed by atoms with E-state index in [4.69, 9.17) is 36.3 Å². The van der Waals surface area contributed by atoms with Crippen molar-refractivity contribution in [3.63, 3.8) is 0 Å². The number of rotatable bonds is 4. The summed E-state index contributed by atoms with van der Waals surface area (Å²) in [6.45, 7) is -0.500. The number of thiophene rings is 1. The predicted molar refractivity (Wildman–Crippen MR) is 71.1 cm³/mol. The van der Waals surface area contributed by atoms with Gasteiger partial charge in [-0.15, -0.1) is 11.3 Å². The zero-order valence-electron chi connectivity index (χ0n) is 12.8. The molecule has 118 valence electrons. The third-order valence-corrected chi connectivity index (χ3v) is 3.29. The van der Waals surface area contributed by atoms with Crippen LogP contribution in [-0.4, -0.2) is 34.7 Å². The van der Waals surface area contributed by atoms with Gasteiger partial charge in [0.15, 0.2) is 6.61 Å². The summed E-state index contributed by atoms with van der Waals surface area (Å²) in [7, 11) is 0. The molecule has 0 aliphatic rings. The first-order chi connectivity index (χ1) is 10.2. The average Bonchev–Trinajstić information content (AvgIpc) is 2.74. The second-order valence-electron chi connectivity index (χ2n) is 3.63. The molecule has 24 heavy (non-hydrogen) atoms. The van der Waals surface area contributed by atoms with E-state index in [-0.39, 0.29) is 119 Å². The van der Waals surface area contributed by atoms with E-state index in [9.17, 15) is 9.59 Å². The maximum absolute atomic E-state index is 11.2. The van der Waals surface area contributed by atoms with Gasteiger partial charge in [0.05, 0.1) is 11.1 Å². The van der Waals surface area contributed by atoms with E-state index < -0.39 is 24.6 Å². The molecule has 0 aliphatic carbocycles. The second kappa shape index (κ2) is 12.5. The Labute approximate surface area is 224 Å². The van der Waals surface area contributed by atoms with Crippen molar-refractivity contribution in [2.45, 2.75) is 0 Å². The van der Waals surface area contributed by atoms with Crippen LogP contribution in [0.1, 0.15) is 9.67 Å². The van der Waals surface area contributed by atoms with Crippen molar-refractivity contribution in [3.8, 4) is 5.75 Å². The molecule has 0 saturated heterocycles. The summed E-state index contributed by atoms with van der Waals surface area (Å²) in [5.74, 6) is -1.49. The summed E-state index contributed by atoms with van der Waals surface area (Å²) in [4.78, 5) is 34.7. The van der Waals surface area contributed by atoms with Crippen molar-refractivity contribution in [1.82, 2.24) is 4.98 Å². The van der Waals surface area contributed by atoms with Gasteiger partial charge in [-0.25, -0.2) is 9.78 Å². The molecular formula is C11H9K2N3O7S. The monoisotopic (exact) mass is 405 g/mol. The van der Waals surface area contributed by atoms with Gasteiger partial charge in [0.2, 0.25) is 0 Å². The number of carboxylic acid groups (broad SMARTS) is 3. The van der Waals surface area contributed by atoms with Crippen LogP contribution in [-0.2, 0) is 4.79 Å². The normalized spacial score (nSPS) is 8.83. The number of pyridine rings is 1. The van der Waals surface area contributed by atoms with Crippen LogP contribution in [0.15, 0.2) is 12.3 Å². The van der Waals surface area contributed by atoms with Gasteiger partial charge >= 0.3 is 109 Å². The van der Waals surface area contributed by atoms with Crippen LogP contribution in [0.25, 0.3) is 10.2 Å². The van der Waals surface area contributed by atoms with Gasteiger partial charge < -0.3 is 36.3 Å². The van der Waals surface area contributed by atoms with Crippen LogP contribution in [0.5, 0.6) is 5.75 Å². The minimum absolute atomic E-state index is 0. The number of carbonyl (C=O) groups is 3. The molecule has 2 aromatic heterocycles. The summed E-state index contributed by atoms with van der Waals surface area (Å²) in [5.41, 5.74) is 11.1. The number of carboxylic acids is 1. The van der Waals surface area contributed by atoms with E-state index >= 15 is 0 Å². The predicted octanol–water partition coefficient (Wildman–Crippen LogP) is -8.00. The molecule has 10 nitrogen and oxygen atoms in total. The maximum atomic E-state index is 11.2. The molecule has 5 N–H and O–H groups in total. The van der Waals surface area contributed by atoms with Crippen LogP contribution < -0.4 is 129 Å². The van der Waals surface area contributed by atoms with Crippen LogP contribution >= 0.6 is 11.3 Å². The summed E-state index contributed by atoms with van der Waals surface area (Å²) in [5, 5.41) is 25.6. The van der Waals surface area contributed by atoms with E-state index in [0.717, 1.165) is 11.3 Å². The molecule has 0 aliphatic heterocycles. The van der Waals surface area contributed by atoms with Crippen LogP contribution in [0.2, 0.25) is 0 Å². The number of hydrogen-bond acceptors (Lipinski definition) is 9. The van der Waals surface area contributed by atoms with Crippen LogP contribution in [0, 0.1) is 0 Å². The Morgan fingerprint density at radius 2 is 1.83 bits per heavy atom. The Balaban J connectivity index is 0. The minimum atomic E-state index is -2.33. The second-order valence-corrected chi connectivity index (χ2v) is 4.63. The quantitative estimate of drug-likeness (QED) is 0.414. The Morgan fingerprint density at radius 1 is 1.29 bits per heavy atom. The molecule has 0 unspecified atom stereocenters. The van der Waals surface area contributed by atoms with Gasteiger partial charge in [-0.05, 0) is 12.2 Å². The standard InChI is InChI=1S/C10H9N3O4S.CH2O3.2K/c11-7-6-4(17-3-5(14)15)1-2-13-10(6)18-8(7)9(12)16;2-1(3)4;;/h1-2H,3,11H2,(H2,12,16)(H,14,15);(H2,2,3,4);;/q;;2*+1/p-2. The number of primary amides is 1. The molecule has 0 aromatic carbocycles. The molecule has 0 saturated carbocycles. The third kappa shape index (κ3) is 8.05. The zero-order chi connectivity index (χ0) is 16.9. The molecule has 2 heterocycles. The number of carbonyl (C=O) groups excluding carboxylic acids is 2. The maximum Gasteiger partial charge on any atom is 1.00 e. The molecular weight excluding hydrogens is 396 g/mol. The van der Waals surface area contributed by atoms with E-state index in [1.165, 1.54) is 12.3 Å². The number of aromatic nitrogens is 1. The molecule has 0 atom stereocenters. The number of fused-ring (bicyclic) bond motifs is 1. The minimum Gasteiger partial charge on any atom is -0.652 e. The number of hydrogen-bond donors (Lipinski definition) is 3. The molecule has 0 radical (unpaired) electrons. The first-order valence-electron chi connectivity index (χ1n) is 5.43. The molecule has 0 fully saturated rings. The summed E-state index contributed by atoms with van der Waals surface area (Å²) < 4.78 is 5.09. The number of aliphatic carboxylic acids is 1. The van der Waals surface area contributed by atoms with Crippen molar-refractivity contribution < 1.29 is 137 Å². The molecule has 13 heteroatoms. The Kier molecular flexibility index (Phi) is 13.8. The fourth-order valence-electron chi connectivity index (χ4n) is 1.46. The fourth-order valence-corrected chi connectivity index (χ4v) is 2.39. The first kappa shape index (κ1) is 26.4. The van der Waals surface area contributed by atoms with Gasteiger partial charge in [0.1, 0.15) is 15.5 Å². The number of nitrogens with zero attached hydrogens (tertiary/aromatic N) is 1. The third-order valence-electron chi connectivity index (χ3n) is 2.17. The number of nitrogen functional groups attached to an aromatic ring is 1. The largest absolute Gasteiger partial charge is 1.00 e. The SMILES string of the molecule is NC(=O)c1sc2nccc(OCC(=O)O)c2c1N.O=C([O-])[O-].[K+].[K+]. The van der Waals surface area contributed by atoms with Crippen molar-refractivity contribution in [1.29, 1.82) is 0 Å². The van der Waals surface area contributed by atoms with E-state index in [0.29, 0.717) is 10.2 Å². The van der Waals surface area contributed by atoms with Gasteiger partial charge in [0.25, 0.3) is 5.91 Å². The molecule has 0 spiro atoms.